The van der Waals surface area contributed by atoms with Gasteiger partial charge in [0.05, 0.1) is 0 Å². The first-order valence-corrected chi connectivity index (χ1v) is 6.57. The second-order valence-corrected chi connectivity index (χ2v) is 4.99. The summed E-state index contributed by atoms with van der Waals surface area (Å²) in [5, 5.41) is 12.2. The van der Waals surface area contributed by atoms with Crippen LogP contribution in [0.1, 0.15) is 36.9 Å². The van der Waals surface area contributed by atoms with Crippen LogP contribution in [0.5, 0.6) is 0 Å². The number of nitrogens with two attached hydrogens (primary N) is 1. The van der Waals surface area contributed by atoms with E-state index in [2.05, 4.69) is 10.3 Å². The van der Waals surface area contributed by atoms with Crippen molar-refractivity contribution in [3.05, 3.63) is 29.6 Å². The van der Waals surface area contributed by atoms with Crippen LogP contribution in [0.25, 0.3) is 0 Å². The highest BCUT2D eigenvalue weighted by Crippen LogP contribution is 2.24. The minimum absolute atomic E-state index is 0.0455. The molecule has 1 saturated carbocycles. The van der Waals surface area contributed by atoms with Gasteiger partial charge in [-0.1, -0.05) is 0 Å². The molecule has 0 aromatic carbocycles. The lowest BCUT2D eigenvalue weighted by Crippen LogP contribution is -2.36. The summed E-state index contributed by atoms with van der Waals surface area (Å²) >= 11 is 0. The van der Waals surface area contributed by atoms with Crippen LogP contribution >= 0.6 is 0 Å². The Kier molecular flexibility index (Phi) is 4.48. The Balaban J connectivity index is 1.80. The number of nitrogens with one attached hydrogen (secondary N) is 1. The van der Waals surface area contributed by atoms with Gasteiger partial charge in [0.15, 0.2) is 0 Å². The Morgan fingerprint density at radius 2 is 2.21 bits per heavy atom. The first kappa shape index (κ1) is 13.5. The molecule has 1 heterocycles. The molecule has 1 fully saturated rings. The molecule has 1 amide bonds. The zero-order chi connectivity index (χ0) is 13.7. The standard InChI is InChI=1S/C14H18N4O/c15-8-13-7-10(5-6-17-13)9-18-12-3-1-11(2-4-12)14(16)19/h5-7,11-12,18H,1-4,9H2,(H2,16,19). The van der Waals surface area contributed by atoms with Crippen LogP contribution < -0.4 is 11.1 Å². The Hall–Kier alpha value is -1.93. The maximum atomic E-state index is 11.1. The van der Waals surface area contributed by atoms with Gasteiger partial charge in [-0.05, 0) is 43.4 Å². The first-order chi connectivity index (χ1) is 9.19. The summed E-state index contributed by atoms with van der Waals surface area (Å²) in [4.78, 5) is 15.0. The monoisotopic (exact) mass is 258 g/mol. The molecule has 2 rings (SSSR count). The van der Waals surface area contributed by atoms with Gasteiger partial charge in [-0.25, -0.2) is 4.98 Å². The van der Waals surface area contributed by atoms with Crippen molar-refractivity contribution in [1.29, 1.82) is 5.26 Å². The molecule has 5 heteroatoms. The normalized spacial score (nSPS) is 22.7. The quantitative estimate of drug-likeness (QED) is 0.845. The molecule has 0 atom stereocenters. The van der Waals surface area contributed by atoms with Gasteiger partial charge in [0.2, 0.25) is 5.91 Å². The number of rotatable bonds is 4. The molecule has 0 aliphatic heterocycles. The molecule has 100 valence electrons. The fourth-order valence-corrected chi connectivity index (χ4v) is 2.49. The summed E-state index contributed by atoms with van der Waals surface area (Å²) in [5.41, 5.74) is 6.81. The molecule has 3 N–H and O–H groups in total. The molecule has 0 radical (unpaired) electrons. The van der Waals surface area contributed by atoms with Crippen molar-refractivity contribution in [2.75, 3.05) is 0 Å². The molecular formula is C14H18N4O. The summed E-state index contributed by atoms with van der Waals surface area (Å²) in [6, 6.07) is 6.16. The Morgan fingerprint density at radius 1 is 1.47 bits per heavy atom. The van der Waals surface area contributed by atoms with Crippen molar-refractivity contribution < 1.29 is 4.79 Å². The number of carbonyl (C=O) groups excluding carboxylic acids is 1. The van der Waals surface area contributed by atoms with E-state index in [1.807, 2.05) is 12.1 Å². The third-order valence-corrected chi connectivity index (χ3v) is 3.66. The molecule has 0 saturated heterocycles. The van der Waals surface area contributed by atoms with Gasteiger partial charge in [0, 0.05) is 24.7 Å². The zero-order valence-electron chi connectivity index (χ0n) is 10.8. The number of amides is 1. The lowest BCUT2D eigenvalue weighted by atomic mass is 9.85. The lowest BCUT2D eigenvalue weighted by Gasteiger charge is -2.27. The molecule has 5 nitrogen and oxygen atoms in total. The molecule has 0 bridgehead atoms. The number of hydrogen-bond donors (Lipinski definition) is 2. The first-order valence-electron chi connectivity index (χ1n) is 6.57. The highest BCUT2D eigenvalue weighted by molar-refractivity contribution is 5.76. The average molecular weight is 258 g/mol. The number of hydrogen-bond acceptors (Lipinski definition) is 4. The second kappa shape index (κ2) is 6.30. The minimum Gasteiger partial charge on any atom is -0.369 e. The predicted octanol–water partition coefficient (Wildman–Crippen LogP) is 1.09. The number of primary amides is 1. The van der Waals surface area contributed by atoms with Crippen molar-refractivity contribution in [1.82, 2.24) is 10.3 Å². The van der Waals surface area contributed by atoms with E-state index in [4.69, 9.17) is 11.0 Å². The number of aromatic nitrogens is 1. The Labute approximate surface area is 112 Å². The van der Waals surface area contributed by atoms with Gasteiger partial charge < -0.3 is 11.1 Å². The minimum atomic E-state index is -0.175. The lowest BCUT2D eigenvalue weighted by molar-refractivity contribution is -0.122. The molecule has 1 aromatic heterocycles. The summed E-state index contributed by atoms with van der Waals surface area (Å²) in [7, 11) is 0. The molecule has 1 aliphatic carbocycles. The van der Waals surface area contributed by atoms with E-state index in [1.165, 1.54) is 0 Å². The highest BCUT2D eigenvalue weighted by Gasteiger charge is 2.24. The maximum absolute atomic E-state index is 11.1. The summed E-state index contributed by atoms with van der Waals surface area (Å²) in [6.45, 7) is 0.725. The molecule has 0 unspecified atom stereocenters. The molecule has 1 aromatic rings. The maximum Gasteiger partial charge on any atom is 0.220 e. The van der Waals surface area contributed by atoms with Crippen molar-refractivity contribution in [2.45, 2.75) is 38.3 Å². The van der Waals surface area contributed by atoms with Gasteiger partial charge in [-0.2, -0.15) is 5.26 Å². The number of nitriles is 1. The fraction of sp³-hybridized carbons (Fsp3) is 0.500. The third-order valence-electron chi connectivity index (χ3n) is 3.66. The highest BCUT2D eigenvalue weighted by atomic mass is 16.1. The number of nitrogens with zero attached hydrogens (tertiary/aromatic N) is 2. The SMILES string of the molecule is N#Cc1cc(CNC2CCC(C(N)=O)CC2)ccn1. The van der Waals surface area contributed by atoms with Crippen LogP contribution in [0.3, 0.4) is 0 Å². The van der Waals surface area contributed by atoms with E-state index in [1.54, 1.807) is 12.3 Å². The van der Waals surface area contributed by atoms with Crippen LogP contribution in [0, 0.1) is 17.2 Å². The molecule has 19 heavy (non-hydrogen) atoms. The average Bonchev–Trinajstić information content (AvgIpc) is 2.46. The van der Waals surface area contributed by atoms with Gasteiger partial charge >= 0.3 is 0 Å². The van der Waals surface area contributed by atoms with Crippen LogP contribution in [-0.2, 0) is 11.3 Å². The topological polar surface area (TPSA) is 91.8 Å². The molecule has 1 aliphatic rings. The van der Waals surface area contributed by atoms with Crippen LogP contribution in [0.15, 0.2) is 18.3 Å². The summed E-state index contributed by atoms with van der Waals surface area (Å²) < 4.78 is 0. The molecule has 0 spiro atoms. The van der Waals surface area contributed by atoms with Crippen molar-refractivity contribution in [2.24, 2.45) is 11.7 Å². The van der Waals surface area contributed by atoms with Crippen LogP contribution in [-0.4, -0.2) is 16.9 Å². The summed E-state index contributed by atoms with van der Waals surface area (Å²) in [5.74, 6) is -0.129. The second-order valence-electron chi connectivity index (χ2n) is 4.99. The van der Waals surface area contributed by atoms with E-state index in [9.17, 15) is 4.79 Å². The third kappa shape index (κ3) is 3.76. The van der Waals surface area contributed by atoms with E-state index < -0.39 is 0 Å². The molecular weight excluding hydrogens is 240 g/mol. The van der Waals surface area contributed by atoms with Crippen molar-refractivity contribution >= 4 is 5.91 Å². The number of carbonyl (C=O) groups is 1. The van der Waals surface area contributed by atoms with Gasteiger partial charge in [-0.3, -0.25) is 4.79 Å². The van der Waals surface area contributed by atoms with E-state index >= 15 is 0 Å². The summed E-state index contributed by atoms with van der Waals surface area (Å²) in [6.07, 6.45) is 5.34. The smallest absolute Gasteiger partial charge is 0.220 e. The predicted molar refractivity (Wildman–Crippen MR) is 70.7 cm³/mol. The van der Waals surface area contributed by atoms with E-state index in [0.29, 0.717) is 11.7 Å². The largest absolute Gasteiger partial charge is 0.369 e. The van der Waals surface area contributed by atoms with Crippen LogP contribution in [0.2, 0.25) is 0 Å². The number of pyridine rings is 1. The van der Waals surface area contributed by atoms with Crippen molar-refractivity contribution in [3.8, 4) is 6.07 Å². The van der Waals surface area contributed by atoms with Gasteiger partial charge in [-0.15, -0.1) is 0 Å². The van der Waals surface area contributed by atoms with Gasteiger partial charge in [0.1, 0.15) is 11.8 Å². The van der Waals surface area contributed by atoms with Crippen molar-refractivity contribution in [3.63, 3.8) is 0 Å². The Bertz CT molecular complexity index is 486. The zero-order valence-corrected chi connectivity index (χ0v) is 10.8. The van der Waals surface area contributed by atoms with E-state index in [-0.39, 0.29) is 11.8 Å². The fourth-order valence-electron chi connectivity index (χ4n) is 2.49. The Morgan fingerprint density at radius 3 is 2.84 bits per heavy atom. The van der Waals surface area contributed by atoms with Gasteiger partial charge in [0.25, 0.3) is 0 Å². The van der Waals surface area contributed by atoms with E-state index in [0.717, 1.165) is 37.8 Å². The van der Waals surface area contributed by atoms with Crippen LogP contribution in [0.4, 0.5) is 0 Å².